The van der Waals surface area contributed by atoms with E-state index in [1.165, 1.54) is 0 Å². The second-order valence-corrected chi connectivity index (χ2v) is 4.94. The van der Waals surface area contributed by atoms with Crippen LogP contribution in [-0.2, 0) is 0 Å². The summed E-state index contributed by atoms with van der Waals surface area (Å²) in [6.45, 7) is 2.02. The van der Waals surface area contributed by atoms with E-state index in [4.69, 9.17) is 28.5 Å². The lowest BCUT2D eigenvalue weighted by atomic mass is 10.1. The number of nitrogens with zero attached hydrogens (tertiary/aromatic N) is 1. The van der Waals surface area contributed by atoms with E-state index in [0.29, 0.717) is 16.5 Å². The summed E-state index contributed by atoms with van der Waals surface area (Å²) in [5, 5.41) is 12.8. The molecule has 2 nitrogen and oxygen atoms in total. The van der Waals surface area contributed by atoms with Gasteiger partial charge in [-0.3, -0.25) is 0 Å². The van der Waals surface area contributed by atoms with Gasteiger partial charge >= 0.3 is 0 Å². The van der Waals surface area contributed by atoms with Gasteiger partial charge in [-0.1, -0.05) is 30.1 Å². The SMILES string of the molecule is CCC(CC#N)Nc1ccc(Br)c(Cl)c1Cl. The second-order valence-electron chi connectivity index (χ2n) is 3.33. The largest absolute Gasteiger partial charge is 0.380 e. The van der Waals surface area contributed by atoms with Crippen LogP contribution < -0.4 is 5.32 Å². The van der Waals surface area contributed by atoms with Crippen LogP contribution in [0.1, 0.15) is 19.8 Å². The van der Waals surface area contributed by atoms with Crippen molar-refractivity contribution in [2.75, 3.05) is 5.32 Å². The summed E-state index contributed by atoms with van der Waals surface area (Å²) in [5.41, 5.74) is 0.761. The third kappa shape index (κ3) is 3.28. The van der Waals surface area contributed by atoms with Crippen molar-refractivity contribution in [1.29, 1.82) is 5.26 Å². The molecule has 1 atom stereocenters. The number of halogens is 3. The Morgan fingerprint density at radius 2 is 2.12 bits per heavy atom. The minimum Gasteiger partial charge on any atom is -0.380 e. The summed E-state index contributed by atoms with van der Waals surface area (Å²) in [7, 11) is 0. The maximum atomic E-state index is 8.66. The lowest BCUT2D eigenvalue weighted by Gasteiger charge is -2.17. The predicted molar refractivity (Wildman–Crippen MR) is 72.1 cm³/mol. The van der Waals surface area contributed by atoms with Crippen LogP contribution in [0, 0.1) is 11.3 Å². The highest BCUT2D eigenvalue weighted by Gasteiger charge is 2.11. The van der Waals surface area contributed by atoms with Gasteiger partial charge in [0.25, 0.3) is 0 Å². The summed E-state index contributed by atoms with van der Waals surface area (Å²) in [6, 6.07) is 5.91. The zero-order chi connectivity index (χ0) is 12.1. The van der Waals surface area contributed by atoms with Crippen LogP contribution in [0.4, 0.5) is 5.69 Å². The third-order valence-corrected chi connectivity index (χ3v) is 4.00. The monoisotopic (exact) mass is 320 g/mol. The first-order valence-electron chi connectivity index (χ1n) is 4.87. The fraction of sp³-hybridized carbons (Fsp3) is 0.364. The van der Waals surface area contributed by atoms with Gasteiger partial charge < -0.3 is 5.32 Å². The average Bonchev–Trinajstić information content (AvgIpc) is 2.29. The molecular formula is C11H11BrCl2N2. The summed E-state index contributed by atoms with van der Waals surface area (Å²) >= 11 is 15.4. The minimum absolute atomic E-state index is 0.0970. The average molecular weight is 322 g/mol. The fourth-order valence-corrected chi connectivity index (χ4v) is 2.09. The molecule has 5 heteroatoms. The first-order chi connectivity index (χ1) is 7.60. The Balaban J connectivity index is 2.89. The van der Waals surface area contributed by atoms with Gasteiger partial charge in [-0.2, -0.15) is 5.26 Å². The summed E-state index contributed by atoms with van der Waals surface area (Å²) in [5.74, 6) is 0. The number of anilines is 1. The molecule has 1 rings (SSSR count). The molecule has 0 aliphatic carbocycles. The highest BCUT2D eigenvalue weighted by molar-refractivity contribution is 9.10. The number of nitrogens with one attached hydrogen (secondary N) is 1. The van der Waals surface area contributed by atoms with E-state index in [-0.39, 0.29) is 6.04 Å². The van der Waals surface area contributed by atoms with Gasteiger partial charge in [0.1, 0.15) is 0 Å². The van der Waals surface area contributed by atoms with Crippen molar-refractivity contribution in [2.24, 2.45) is 0 Å². The molecule has 86 valence electrons. The smallest absolute Gasteiger partial charge is 0.0835 e. The van der Waals surface area contributed by atoms with E-state index in [1.54, 1.807) is 0 Å². The Morgan fingerprint density at radius 1 is 1.44 bits per heavy atom. The van der Waals surface area contributed by atoms with Crippen molar-refractivity contribution >= 4 is 44.8 Å². The number of benzene rings is 1. The summed E-state index contributed by atoms with van der Waals surface area (Å²) < 4.78 is 0.762. The molecule has 0 amide bonds. The maximum Gasteiger partial charge on any atom is 0.0835 e. The van der Waals surface area contributed by atoms with Gasteiger partial charge in [0, 0.05) is 10.5 Å². The van der Waals surface area contributed by atoms with Crippen molar-refractivity contribution in [3.05, 3.63) is 26.7 Å². The van der Waals surface area contributed by atoms with Gasteiger partial charge in [0.15, 0.2) is 0 Å². The molecule has 0 aliphatic heterocycles. The van der Waals surface area contributed by atoms with Crippen molar-refractivity contribution in [1.82, 2.24) is 0 Å². The molecule has 16 heavy (non-hydrogen) atoms. The third-order valence-electron chi connectivity index (χ3n) is 2.23. The standard InChI is InChI=1S/C11H11BrCl2N2/c1-2-7(5-6-15)16-9-4-3-8(12)10(13)11(9)14/h3-4,7,16H,2,5H2,1H3. The van der Waals surface area contributed by atoms with Crippen LogP contribution in [-0.4, -0.2) is 6.04 Å². The van der Waals surface area contributed by atoms with E-state index in [2.05, 4.69) is 27.3 Å². The van der Waals surface area contributed by atoms with Crippen LogP contribution in [0.25, 0.3) is 0 Å². The van der Waals surface area contributed by atoms with E-state index < -0.39 is 0 Å². The molecule has 0 saturated carbocycles. The van der Waals surface area contributed by atoms with E-state index >= 15 is 0 Å². The minimum atomic E-state index is 0.0970. The van der Waals surface area contributed by atoms with Crippen LogP contribution in [0.5, 0.6) is 0 Å². The molecule has 1 aromatic rings. The van der Waals surface area contributed by atoms with Gasteiger partial charge in [-0.25, -0.2) is 0 Å². The van der Waals surface area contributed by atoms with Gasteiger partial charge in [-0.15, -0.1) is 0 Å². The highest BCUT2D eigenvalue weighted by atomic mass is 79.9. The van der Waals surface area contributed by atoms with E-state index in [1.807, 2.05) is 19.1 Å². The van der Waals surface area contributed by atoms with Crippen molar-refractivity contribution in [2.45, 2.75) is 25.8 Å². The summed E-state index contributed by atoms with van der Waals surface area (Å²) in [6.07, 6.45) is 1.30. The Kier molecular flexibility index (Phi) is 5.40. The second kappa shape index (κ2) is 6.34. The molecule has 0 radical (unpaired) electrons. The maximum absolute atomic E-state index is 8.66. The molecular weight excluding hydrogens is 311 g/mol. The lowest BCUT2D eigenvalue weighted by molar-refractivity contribution is 0.711. The first-order valence-corrected chi connectivity index (χ1v) is 6.42. The molecule has 0 heterocycles. The molecule has 0 spiro atoms. The zero-order valence-corrected chi connectivity index (χ0v) is 11.8. The Morgan fingerprint density at radius 3 is 2.69 bits per heavy atom. The zero-order valence-electron chi connectivity index (χ0n) is 8.73. The molecule has 0 bridgehead atoms. The molecule has 1 aromatic carbocycles. The van der Waals surface area contributed by atoms with Crippen LogP contribution in [0.3, 0.4) is 0 Å². The number of hydrogen-bond acceptors (Lipinski definition) is 2. The number of hydrogen-bond donors (Lipinski definition) is 1. The number of nitriles is 1. The van der Waals surface area contributed by atoms with E-state index in [9.17, 15) is 0 Å². The van der Waals surface area contributed by atoms with Gasteiger partial charge in [0.05, 0.1) is 28.2 Å². The van der Waals surface area contributed by atoms with Crippen molar-refractivity contribution in [3.63, 3.8) is 0 Å². The molecule has 0 aromatic heterocycles. The first kappa shape index (κ1) is 13.6. The lowest BCUT2D eigenvalue weighted by Crippen LogP contribution is -2.17. The topological polar surface area (TPSA) is 35.8 Å². The van der Waals surface area contributed by atoms with Crippen LogP contribution in [0.15, 0.2) is 16.6 Å². The van der Waals surface area contributed by atoms with Crippen molar-refractivity contribution < 1.29 is 0 Å². The molecule has 1 unspecified atom stereocenters. The molecule has 0 fully saturated rings. The summed E-state index contributed by atoms with van der Waals surface area (Å²) in [4.78, 5) is 0. The van der Waals surface area contributed by atoms with Crippen LogP contribution >= 0.6 is 39.1 Å². The normalized spacial score (nSPS) is 11.9. The Labute approximate surface area is 114 Å². The quantitative estimate of drug-likeness (QED) is 0.804. The van der Waals surface area contributed by atoms with E-state index in [0.717, 1.165) is 16.6 Å². The predicted octanol–water partition coefficient (Wildman–Crippen LogP) is 4.86. The Hall–Kier alpha value is -0.430. The number of rotatable bonds is 4. The van der Waals surface area contributed by atoms with Crippen LogP contribution in [0.2, 0.25) is 10.0 Å². The van der Waals surface area contributed by atoms with Gasteiger partial charge in [-0.05, 0) is 34.5 Å². The molecule has 1 N–H and O–H groups in total. The van der Waals surface area contributed by atoms with Gasteiger partial charge in [0.2, 0.25) is 0 Å². The molecule has 0 saturated heterocycles. The highest BCUT2D eigenvalue weighted by Crippen LogP contribution is 2.36. The Bertz CT molecular complexity index is 415. The fourth-order valence-electron chi connectivity index (χ4n) is 1.26. The molecule has 0 aliphatic rings. The van der Waals surface area contributed by atoms with Crippen molar-refractivity contribution in [3.8, 4) is 6.07 Å².